The van der Waals surface area contributed by atoms with Gasteiger partial charge in [-0.05, 0) is 24.4 Å². The molecule has 3 heterocycles. The molecule has 0 fully saturated rings. The molecule has 0 saturated heterocycles. The third kappa shape index (κ3) is 2.53. The molecule has 8 heteroatoms. The molecule has 0 aliphatic rings. The van der Waals surface area contributed by atoms with Crippen molar-refractivity contribution < 1.29 is 4.74 Å². The van der Waals surface area contributed by atoms with E-state index >= 15 is 0 Å². The molecule has 3 aromatic rings. The van der Waals surface area contributed by atoms with Gasteiger partial charge in [-0.1, -0.05) is 0 Å². The molecular weight excluding hydrogens is 294 g/mol. The lowest BCUT2D eigenvalue weighted by Gasteiger charge is -1.96. The van der Waals surface area contributed by atoms with Gasteiger partial charge in [-0.2, -0.15) is 4.98 Å². The highest BCUT2D eigenvalue weighted by atomic mass is 32.1. The third-order valence-corrected chi connectivity index (χ3v) is 3.95. The van der Waals surface area contributed by atoms with Crippen molar-refractivity contribution in [3.63, 3.8) is 0 Å². The Kier molecular flexibility index (Phi) is 3.68. The Bertz CT molecular complexity index is 762. The Balaban J connectivity index is 2.09. The summed E-state index contributed by atoms with van der Waals surface area (Å²) in [5, 5.41) is 6.61. The fourth-order valence-corrected chi connectivity index (χ4v) is 2.91. The maximum absolute atomic E-state index is 5.20. The third-order valence-electron chi connectivity index (χ3n) is 2.60. The lowest BCUT2D eigenvalue weighted by molar-refractivity contribution is 0.182. The maximum atomic E-state index is 5.20. The van der Waals surface area contributed by atoms with E-state index < -0.39 is 0 Å². The number of H-pyrrole nitrogens is 2. The van der Waals surface area contributed by atoms with Crippen molar-refractivity contribution >= 4 is 23.6 Å². The van der Waals surface area contributed by atoms with Crippen molar-refractivity contribution in [2.24, 2.45) is 0 Å². The lowest BCUT2D eigenvalue weighted by atomic mass is 10.3. The number of thiazole rings is 1. The SMILES string of the molecule is COCc1nc(-c2cccnc2)sc1-c1nc(=S)[nH][nH]1. The summed E-state index contributed by atoms with van der Waals surface area (Å²) in [6, 6.07) is 3.85. The second kappa shape index (κ2) is 5.61. The van der Waals surface area contributed by atoms with Crippen LogP contribution in [0.15, 0.2) is 24.5 Å². The van der Waals surface area contributed by atoms with Crippen molar-refractivity contribution in [1.82, 2.24) is 25.1 Å². The highest BCUT2D eigenvalue weighted by Crippen LogP contribution is 2.33. The quantitative estimate of drug-likeness (QED) is 0.725. The maximum Gasteiger partial charge on any atom is 0.213 e. The van der Waals surface area contributed by atoms with Gasteiger partial charge in [0.15, 0.2) is 5.82 Å². The molecule has 0 bridgehead atoms. The number of nitrogens with one attached hydrogen (secondary N) is 2. The molecule has 0 aliphatic carbocycles. The number of aromatic amines is 2. The van der Waals surface area contributed by atoms with Gasteiger partial charge in [0.25, 0.3) is 0 Å². The monoisotopic (exact) mass is 305 g/mol. The van der Waals surface area contributed by atoms with Gasteiger partial charge in [0.1, 0.15) is 5.01 Å². The van der Waals surface area contributed by atoms with Crippen molar-refractivity contribution in [3.05, 3.63) is 35.0 Å². The normalized spacial score (nSPS) is 10.8. The summed E-state index contributed by atoms with van der Waals surface area (Å²) in [4.78, 5) is 13.9. The first-order chi connectivity index (χ1) is 9.78. The summed E-state index contributed by atoms with van der Waals surface area (Å²) >= 11 is 6.51. The van der Waals surface area contributed by atoms with Gasteiger partial charge in [0, 0.05) is 25.1 Å². The second-order valence-corrected chi connectivity index (χ2v) is 5.37. The van der Waals surface area contributed by atoms with Crippen LogP contribution in [0.25, 0.3) is 21.3 Å². The molecule has 6 nitrogen and oxygen atoms in total. The van der Waals surface area contributed by atoms with Crippen LogP contribution >= 0.6 is 23.6 Å². The Morgan fingerprint density at radius 3 is 2.90 bits per heavy atom. The van der Waals surface area contributed by atoms with Crippen LogP contribution in [0.1, 0.15) is 5.69 Å². The molecule has 0 saturated carbocycles. The van der Waals surface area contributed by atoms with Crippen LogP contribution in [0.5, 0.6) is 0 Å². The first-order valence-electron chi connectivity index (χ1n) is 5.82. The zero-order valence-corrected chi connectivity index (χ0v) is 12.2. The van der Waals surface area contributed by atoms with E-state index in [0.717, 1.165) is 21.1 Å². The highest BCUT2D eigenvalue weighted by molar-refractivity contribution is 7.71. The molecule has 0 aromatic carbocycles. The minimum Gasteiger partial charge on any atom is -0.378 e. The Morgan fingerprint density at radius 1 is 1.35 bits per heavy atom. The van der Waals surface area contributed by atoms with Gasteiger partial charge in [0.2, 0.25) is 4.77 Å². The number of pyridine rings is 1. The van der Waals surface area contributed by atoms with E-state index in [-0.39, 0.29) is 0 Å². The van der Waals surface area contributed by atoms with Crippen molar-refractivity contribution in [2.45, 2.75) is 6.61 Å². The molecule has 0 radical (unpaired) electrons. The number of methoxy groups -OCH3 is 1. The topological polar surface area (TPSA) is 79.5 Å². The van der Waals surface area contributed by atoms with E-state index in [0.29, 0.717) is 17.2 Å². The summed E-state index contributed by atoms with van der Waals surface area (Å²) in [6.45, 7) is 0.416. The average molecular weight is 305 g/mol. The van der Waals surface area contributed by atoms with Crippen molar-refractivity contribution in [3.8, 4) is 21.3 Å². The number of nitrogens with zero attached hydrogens (tertiary/aromatic N) is 3. The molecule has 0 aliphatic heterocycles. The summed E-state index contributed by atoms with van der Waals surface area (Å²) in [5.74, 6) is 0.676. The van der Waals surface area contributed by atoms with Crippen LogP contribution in [-0.2, 0) is 11.3 Å². The second-order valence-electron chi connectivity index (χ2n) is 3.99. The Labute approximate surface area is 123 Å². The molecule has 0 spiro atoms. The van der Waals surface area contributed by atoms with Crippen LogP contribution in [0, 0.1) is 4.77 Å². The molecular formula is C12H11N5OS2. The molecule has 102 valence electrons. The smallest absolute Gasteiger partial charge is 0.213 e. The van der Waals surface area contributed by atoms with Crippen molar-refractivity contribution in [2.75, 3.05) is 7.11 Å². The van der Waals surface area contributed by atoms with Gasteiger partial charge in [-0.3, -0.25) is 15.2 Å². The largest absolute Gasteiger partial charge is 0.378 e. The van der Waals surface area contributed by atoms with E-state index in [1.54, 1.807) is 19.5 Å². The number of hydrogen-bond donors (Lipinski definition) is 2. The van der Waals surface area contributed by atoms with Crippen LogP contribution < -0.4 is 0 Å². The van der Waals surface area contributed by atoms with Crippen LogP contribution in [0.4, 0.5) is 0 Å². The summed E-state index contributed by atoms with van der Waals surface area (Å²) < 4.78 is 5.61. The fourth-order valence-electron chi connectivity index (χ4n) is 1.76. The number of hydrogen-bond acceptors (Lipinski definition) is 6. The molecule has 20 heavy (non-hydrogen) atoms. The first-order valence-corrected chi connectivity index (χ1v) is 7.04. The Morgan fingerprint density at radius 2 is 2.25 bits per heavy atom. The minimum absolute atomic E-state index is 0.416. The number of rotatable bonds is 4. The van der Waals surface area contributed by atoms with Gasteiger partial charge in [0.05, 0.1) is 17.2 Å². The minimum atomic E-state index is 0.416. The standard InChI is InChI=1S/C12H11N5OS2/c1-18-6-8-9(10-15-12(19)17-16-10)20-11(14-8)7-3-2-4-13-5-7/h2-5H,6H2,1H3,(H2,15,16,17,19). The lowest BCUT2D eigenvalue weighted by Crippen LogP contribution is -1.91. The van der Waals surface area contributed by atoms with Gasteiger partial charge in [-0.25, -0.2) is 4.98 Å². The van der Waals surface area contributed by atoms with Crippen molar-refractivity contribution in [1.29, 1.82) is 0 Å². The molecule has 3 aromatic heterocycles. The van der Waals surface area contributed by atoms with E-state index in [4.69, 9.17) is 17.0 Å². The summed E-state index contributed by atoms with van der Waals surface area (Å²) in [6.07, 6.45) is 3.52. The van der Waals surface area contributed by atoms with Crippen LogP contribution in [0.3, 0.4) is 0 Å². The van der Waals surface area contributed by atoms with E-state index in [2.05, 4.69) is 25.1 Å². The summed E-state index contributed by atoms with van der Waals surface area (Å²) in [7, 11) is 1.64. The molecule has 2 N–H and O–H groups in total. The number of ether oxygens (including phenoxy) is 1. The number of aromatic nitrogens is 5. The van der Waals surface area contributed by atoms with Crippen LogP contribution in [-0.4, -0.2) is 32.3 Å². The van der Waals surface area contributed by atoms with E-state index in [9.17, 15) is 0 Å². The van der Waals surface area contributed by atoms with Gasteiger partial charge >= 0.3 is 0 Å². The van der Waals surface area contributed by atoms with Gasteiger partial charge in [-0.15, -0.1) is 11.3 Å². The zero-order chi connectivity index (χ0) is 13.9. The average Bonchev–Trinajstić information content (AvgIpc) is 3.07. The predicted octanol–water partition coefficient (Wildman–Crippen LogP) is 2.80. The Hall–Kier alpha value is -1.90. The van der Waals surface area contributed by atoms with Crippen LogP contribution in [0.2, 0.25) is 0 Å². The summed E-state index contributed by atoms with van der Waals surface area (Å²) in [5.41, 5.74) is 1.80. The first kappa shape index (κ1) is 13.1. The molecule has 3 rings (SSSR count). The molecule has 0 amide bonds. The fraction of sp³-hybridized carbons (Fsp3) is 0.167. The van der Waals surface area contributed by atoms with E-state index in [1.807, 2.05) is 12.1 Å². The highest BCUT2D eigenvalue weighted by Gasteiger charge is 2.16. The predicted molar refractivity (Wildman–Crippen MR) is 78.8 cm³/mol. The molecule has 0 atom stereocenters. The van der Waals surface area contributed by atoms with E-state index in [1.165, 1.54) is 11.3 Å². The molecule has 0 unspecified atom stereocenters. The van der Waals surface area contributed by atoms with Gasteiger partial charge < -0.3 is 4.74 Å². The zero-order valence-electron chi connectivity index (χ0n) is 10.6.